The maximum atomic E-state index is 11.7. The predicted molar refractivity (Wildman–Crippen MR) is 84.1 cm³/mol. The van der Waals surface area contributed by atoms with E-state index in [0.717, 1.165) is 17.7 Å². The number of nitrogens with zero attached hydrogens (tertiary/aromatic N) is 2. The lowest BCUT2D eigenvalue weighted by Crippen LogP contribution is -2.23. The number of nitrogens with two attached hydrogens (primary N) is 1. The first-order valence-electron chi connectivity index (χ1n) is 7.94. The van der Waals surface area contributed by atoms with E-state index in [1.807, 2.05) is 6.92 Å². The van der Waals surface area contributed by atoms with Crippen LogP contribution in [0.25, 0.3) is 0 Å². The van der Waals surface area contributed by atoms with Gasteiger partial charge in [-0.25, -0.2) is 13.1 Å². The van der Waals surface area contributed by atoms with Gasteiger partial charge in [0.1, 0.15) is 5.82 Å². The van der Waals surface area contributed by atoms with Crippen LogP contribution in [0.5, 0.6) is 0 Å². The minimum atomic E-state index is -2.92. The molecular formula is C15H25N3O2S. The highest BCUT2D eigenvalue weighted by atomic mass is 32.2. The van der Waals surface area contributed by atoms with Gasteiger partial charge in [0.25, 0.3) is 0 Å². The first kappa shape index (κ1) is 14.9. The molecule has 1 saturated carbocycles. The van der Waals surface area contributed by atoms with Crippen LogP contribution >= 0.6 is 0 Å². The second kappa shape index (κ2) is 5.00. The zero-order valence-electron chi connectivity index (χ0n) is 12.9. The summed E-state index contributed by atoms with van der Waals surface area (Å²) < 4.78 is 25.2. The van der Waals surface area contributed by atoms with Crippen molar-refractivity contribution in [2.45, 2.75) is 63.8 Å². The SMILES string of the molecule is CCC1(c2nn(C3CCS(=O)(=O)C3)c(N)c2C)CCCC1. The van der Waals surface area contributed by atoms with Crippen LogP contribution in [-0.2, 0) is 15.3 Å². The van der Waals surface area contributed by atoms with Gasteiger partial charge in [-0.05, 0) is 32.6 Å². The van der Waals surface area contributed by atoms with E-state index in [-0.39, 0.29) is 23.0 Å². The minimum Gasteiger partial charge on any atom is -0.384 e. The Bertz CT molecular complexity index is 642. The van der Waals surface area contributed by atoms with E-state index in [1.54, 1.807) is 4.68 Å². The molecule has 1 unspecified atom stereocenters. The lowest BCUT2D eigenvalue weighted by atomic mass is 9.78. The molecule has 0 aromatic carbocycles. The first-order valence-corrected chi connectivity index (χ1v) is 9.76. The summed E-state index contributed by atoms with van der Waals surface area (Å²) in [6, 6.07) is -0.0854. The van der Waals surface area contributed by atoms with Gasteiger partial charge in [-0.15, -0.1) is 0 Å². The molecule has 1 aliphatic heterocycles. The summed E-state index contributed by atoms with van der Waals surface area (Å²) in [6.45, 7) is 4.26. The summed E-state index contributed by atoms with van der Waals surface area (Å²) in [6.07, 6.45) is 6.54. The third-order valence-electron chi connectivity index (χ3n) is 5.49. The molecule has 5 nitrogen and oxygen atoms in total. The van der Waals surface area contributed by atoms with Crippen molar-refractivity contribution < 1.29 is 8.42 Å². The Labute approximate surface area is 126 Å². The Morgan fingerprint density at radius 2 is 2.05 bits per heavy atom. The van der Waals surface area contributed by atoms with Crippen LogP contribution in [0.4, 0.5) is 5.82 Å². The fourth-order valence-electron chi connectivity index (χ4n) is 4.09. The number of hydrogen-bond donors (Lipinski definition) is 1. The number of rotatable bonds is 3. The van der Waals surface area contributed by atoms with E-state index in [0.29, 0.717) is 12.2 Å². The molecule has 1 aromatic heterocycles. The van der Waals surface area contributed by atoms with Crippen LogP contribution in [0, 0.1) is 6.92 Å². The van der Waals surface area contributed by atoms with Gasteiger partial charge in [0.05, 0.1) is 23.2 Å². The molecule has 21 heavy (non-hydrogen) atoms. The van der Waals surface area contributed by atoms with Gasteiger partial charge in [0, 0.05) is 11.0 Å². The average Bonchev–Trinajstić information content (AvgIpc) is 3.11. The number of nitrogen functional groups attached to an aromatic ring is 1. The monoisotopic (exact) mass is 311 g/mol. The van der Waals surface area contributed by atoms with Crippen LogP contribution < -0.4 is 5.73 Å². The molecule has 0 amide bonds. The van der Waals surface area contributed by atoms with Crippen molar-refractivity contribution in [1.29, 1.82) is 0 Å². The van der Waals surface area contributed by atoms with Gasteiger partial charge in [0.15, 0.2) is 9.84 Å². The summed E-state index contributed by atoms with van der Waals surface area (Å²) in [5, 5.41) is 4.81. The Hall–Kier alpha value is -1.04. The van der Waals surface area contributed by atoms with Gasteiger partial charge >= 0.3 is 0 Å². The number of sulfone groups is 1. The Morgan fingerprint density at radius 3 is 2.57 bits per heavy atom. The molecule has 1 atom stereocenters. The molecular weight excluding hydrogens is 286 g/mol. The first-order chi connectivity index (χ1) is 9.88. The summed E-state index contributed by atoms with van der Waals surface area (Å²) in [5.74, 6) is 1.09. The third kappa shape index (κ3) is 2.37. The van der Waals surface area contributed by atoms with Gasteiger partial charge in [-0.1, -0.05) is 19.8 Å². The highest BCUT2D eigenvalue weighted by Crippen LogP contribution is 2.45. The quantitative estimate of drug-likeness (QED) is 0.929. The fourth-order valence-corrected chi connectivity index (χ4v) is 5.78. The van der Waals surface area contributed by atoms with Gasteiger partial charge in [0.2, 0.25) is 0 Å². The average molecular weight is 311 g/mol. The van der Waals surface area contributed by atoms with Gasteiger partial charge in [-0.2, -0.15) is 5.10 Å². The standard InChI is InChI=1S/C15H25N3O2S/c1-3-15(7-4-5-8-15)13-11(2)14(16)18(17-13)12-6-9-21(19,20)10-12/h12H,3-10,16H2,1-2H3. The molecule has 2 aliphatic rings. The molecule has 1 aliphatic carbocycles. The Morgan fingerprint density at radius 1 is 1.38 bits per heavy atom. The van der Waals surface area contributed by atoms with Crippen LogP contribution in [0.15, 0.2) is 0 Å². The number of anilines is 1. The molecule has 2 N–H and O–H groups in total. The molecule has 2 fully saturated rings. The lowest BCUT2D eigenvalue weighted by molar-refractivity contribution is 0.396. The van der Waals surface area contributed by atoms with Gasteiger partial charge < -0.3 is 5.73 Å². The Kier molecular flexibility index (Phi) is 3.55. The molecule has 1 aromatic rings. The normalized spacial score (nSPS) is 27.2. The van der Waals surface area contributed by atoms with Crippen molar-refractivity contribution in [2.75, 3.05) is 17.2 Å². The second-order valence-electron chi connectivity index (χ2n) is 6.70. The van der Waals surface area contributed by atoms with E-state index in [9.17, 15) is 8.42 Å². The van der Waals surface area contributed by atoms with E-state index in [2.05, 4.69) is 6.92 Å². The van der Waals surface area contributed by atoms with Crippen LogP contribution in [0.2, 0.25) is 0 Å². The van der Waals surface area contributed by atoms with Crippen LogP contribution in [-0.4, -0.2) is 29.7 Å². The largest absolute Gasteiger partial charge is 0.384 e. The highest BCUT2D eigenvalue weighted by Gasteiger charge is 2.40. The zero-order chi connectivity index (χ0) is 15.3. The van der Waals surface area contributed by atoms with Crippen molar-refractivity contribution in [1.82, 2.24) is 9.78 Å². The summed E-state index contributed by atoms with van der Waals surface area (Å²) in [7, 11) is -2.92. The van der Waals surface area contributed by atoms with Crippen molar-refractivity contribution in [3.05, 3.63) is 11.3 Å². The van der Waals surface area contributed by atoms with E-state index < -0.39 is 9.84 Å². The number of aromatic nitrogens is 2. The topological polar surface area (TPSA) is 78.0 Å². The molecule has 118 valence electrons. The van der Waals surface area contributed by atoms with Crippen molar-refractivity contribution in [3.63, 3.8) is 0 Å². The summed E-state index contributed by atoms with van der Waals surface area (Å²) >= 11 is 0. The fraction of sp³-hybridized carbons (Fsp3) is 0.800. The molecule has 0 spiro atoms. The van der Waals surface area contributed by atoms with Crippen LogP contribution in [0.3, 0.4) is 0 Å². The smallest absolute Gasteiger partial charge is 0.152 e. The third-order valence-corrected chi connectivity index (χ3v) is 7.24. The summed E-state index contributed by atoms with van der Waals surface area (Å²) in [5.41, 5.74) is 8.59. The van der Waals surface area contributed by atoms with E-state index >= 15 is 0 Å². The molecule has 2 heterocycles. The summed E-state index contributed by atoms with van der Waals surface area (Å²) in [4.78, 5) is 0. The second-order valence-corrected chi connectivity index (χ2v) is 8.93. The maximum Gasteiger partial charge on any atom is 0.152 e. The Balaban J connectivity index is 2.00. The van der Waals surface area contributed by atoms with E-state index in [1.165, 1.54) is 25.7 Å². The van der Waals surface area contributed by atoms with Crippen molar-refractivity contribution >= 4 is 15.7 Å². The molecule has 6 heteroatoms. The maximum absolute atomic E-state index is 11.7. The molecule has 0 bridgehead atoms. The molecule has 3 rings (SSSR count). The highest BCUT2D eigenvalue weighted by molar-refractivity contribution is 7.91. The lowest BCUT2D eigenvalue weighted by Gasteiger charge is -2.26. The predicted octanol–water partition coefficient (Wildman–Crippen LogP) is 2.36. The van der Waals surface area contributed by atoms with E-state index in [4.69, 9.17) is 10.8 Å². The minimum absolute atomic E-state index is 0.0854. The number of hydrogen-bond acceptors (Lipinski definition) is 4. The van der Waals surface area contributed by atoms with Crippen LogP contribution in [0.1, 0.15) is 62.7 Å². The van der Waals surface area contributed by atoms with Crippen molar-refractivity contribution in [3.8, 4) is 0 Å². The molecule has 1 saturated heterocycles. The van der Waals surface area contributed by atoms with Crippen molar-refractivity contribution in [2.24, 2.45) is 0 Å². The molecule has 0 radical (unpaired) electrons. The zero-order valence-corrected chi connectivity index (χ0v) is 13.7. The van der Waals surface area contributed by atoms with Gasteiger partial charge in [-0.3, -0.25) is 0 Å².